The summed E-state index contributed by atoms with van der Waals surface area (Å²) in [5, 5.41) is 7.52. The zero-order chi connectivity index (χ0) is 31.4. The van der Waals surface area contributed by atoms with Gasteiger partial charge in [0.05, 0.1) is 23.7 Å². The van der Waals surface area contributed by atoms with Gasteiger partial charge in [0.15, 0.2) is 11.0 Å². The molecule has 14 heteroatoms. The number of urea groups is 1. The molecule has 0 bridgehead atoms. The number of thioether (sulfide) groups is 2. The molecule has 0 aliphatic carbocycles. The number of carbonyl (C=O) groups is 2. The number of ether oxygens (including phenoxy) is 1. The first-order valence-corrected chi connectivity index (χ1v) is 15.2. The largest absolute Gasteiger partial charge is 0.446 e. The predicted molar refractivity (Wildman–Crippen MR) is 166 cm³/mol. The molecule has 1 N–H and O–H groups in total. The predicted octanol–water partition coefficient (Wildman–Crippen LogP) is 7.37. The summed E-state index contributed by atoms with van der Waals surface area (Å²) in [4.78, 5) is 35.9. The van der Waals surface area contributed by atoms with Crippen molar-refractivity contribution < 1.29 is 27.5 Å². The van der Waals surface area contributed by atoms with Crippen molar-refractivity contribution in [1.29, 1.82) is 0 Å². The molecule has 9 nitrogen and oxygen atoms in total. The molecular weight excluding hydrogens is 613 g/mol. The number of halogens is 3. The van der Waals surface area contributed by atoms with Crippen molar-refractivity contribution in [3.05, 3.63) is 83.7 Å². The third-order valence-corrected chi connectivity index (χ3v) is 8.12. The van der Waals surface area contributed by atoms with Crippen LogP contribution in [0.15, 0.2) is 76.9 Å². The Balaban J connectivity index is 1.30. The molecule has 0 spiro atoms. The summed E-state index contributed by atoms with van der Waals surface area (Å²) in [7, 11) is 0. The number of nitrogens with zero attached hydrogens (tertiary/aromatic N) is 5. The fourth-order valence-electron chi connectivity index (χ4n) is 4.39. The van der Waals surface area contributed by atoms with Gasteiger partial charge in [-0.15, -0.1) is 5.10 Å². The minimum absolute atomic E-state index is 0.0762. The summed E-state index contributed by atoms with van der Waals surface area (Å²) >= 11 is 1.01. The average Bonchev–Trinajstić information content (AvgIpc) is 3.60. The highest BCUT2D eigenvalue weighted by atomic mass is 32.2. The Morgan fingerprint density at radius 2 is 1.89 bits per heavy atom. The number of hydrogen-bond donors (Lipinski definition) is 1. The van der Waals surface area contributed by atoms with Crippen LogP contribution in [0.3, 0.4) is 0 Å². The second kappa shape index (κ2) is 13.2. The van der Waals surface area contributed by atoms with Gasteiger partial charge in [0.2, 0.25) is 5.91 Å². The van der Waals surface area contributed by atoms with Gasteiger partial charge in [0.25, 0.3) is 0 Å². The third kappa shape index (κ3) is 7.49. The van der Waals surface area contributed by atoms with Crippen LogP contribution in [0.4, 0.5) is 29.3 Å². The van der Waals surface area contributed by atoms with E-state index in [1.165, 1.54) is 51.9 Å². The molecule has 1 aliphatic rings. The smallest absolute Gasteiger partial charge is 0.377 e. The maximum atomic E-state index is 13.0. The van der Waals surface area contributed by atoms with Gasteiger partial charge in [-0.2, -0.15) is 18.2 Å². The molecule has 1 saturated heterocycles. The van der Waals surface area contributed by atoms with E-state index < -0.39 is 11.5 Å². The number of amidine groups is 1. The highest BCUT2D eigenvalue weighted by molar-refractivity contribution is 8.15. The quantitative estimate of drug-likeness (QED) is 0.201. The molecule has 0 atom stereocenters. The lowest BCUT2D eigenvalue weighted by atomic mass is 10.1. The van der Waals surface area contributed by atoms with Gasteiger partial charge in [-0.25, -0.2) is 14.5 Å². The SMILES string of the molecule is CCOCc1ccc(C)cc1N1C(=O)CS/C1=N\C(=O)Nc1ccc(-c2ncn(-c3ccc(SC(F)(F)F)cc3)n2)cc1C. The van der Waals surface area contributed by atoms with Crippen molar-refractivity contribution >= 4 is 52.0 Å². The minimum atomic E-state index is -4.36. The van der Waals surface area contributed by atoms with Crippen LogP contribution < -0.4 is 10.2 Å². The number of anilines is 2. The molecule has 3 amide bonds. The molecule has 1 fully saturated rings. The van der Waals surface area contributed by atoms with E-state index in [9.17, 15) is 22.8 Å². The second-order valence-corrected chi connectivity index (χ2v) is 11.8. The van der Waals surface area contributed by atoms with Crippen molar-refractivity contribution in [1.82, 2.24) is 14.8 Å². The second-order valence-electron chi connectivity index (χ2n) is 9.70. The normalized spacial score (nSPS) is 14.5. The first kappa shape index (κ1) is 31.3. The van der Waals surface area contributed by atoms with Gasteiger partial charge < -0.3 is 10.1 Å². The van der Waals surface area contributed by atoms with Crippen LogP contribution in [-0.4, -0.2) is 49.7 Å². The average molecular weight is 641 g/mol. The van der Waals surface area contributed by atoms with Gasteiger partial charge >= 0.3 is 11.5 Å². The van der Waals surface area contributed by atoms with E-state index in [-0.39, 0.29) is 33.5 Å². The topological polar surface area (TPSA) is 102 Å². The van der Waals surface area contributed by atoms with Gasteiger partial charge in [-0.1, -0.05) is 23.9 Å². The molecule has 1 aromatic heterocycles. The van der Waals surface area contributed by atoms with Gasteiger partial charge in [-0.3, -0.25) is 9.69 Å². The van der Waals surface area contributed by atoms with E-state index in [2.05, 4.69) is 20.4 Å². The Hall–Kier alpha value is -4.14. The lowest BCUT2D eigenvalue weighted by Gasteiger charge is -2.20. The maximum absolute atomic E-state index is 13.0. The number of nitrogens with one attached hydrogen (secondary N) is 1. The van der Waals surface area contributed by atoms with E-state index in [4.69, 9.17) is 4.74 Å². The molecular formula is C30H27F3N6O3S2. The fraction of sp³-hybridized carbons (Fsp3) is 0.233. The van der Waals surface area contributed by atoms with Crippen molar-refractivity contribution in [2.24, 2.45) is 4.99 Å². The van der Waals surface area contributed by atoms with Crippen molar-refractivity contribution in [3.63, 3.8) is 0 Å². The summed E-state index contributed by atoms with van der Waals surface area (Å²) < 4.78 is 44.9. The standard InChI is InChI=1S/C30H27F3N6O3S2/c1-4-42-15-21-6-5-18(2)13-25(21)39-26(40)16-43-29(39)36-28(41)35-24-12-7-20(14-19(24)3)27-34-17-38(37-27)22-8-10-23(11-9-22)44-30(31,32)33/h5-14,17H,4,15-16H2,1-3H3,(H,35,41)/b36-29-. The number of rotatable bonds is 8. The van der Waals surface area contributed by atoms with E-state index in [0.717, 1.165) is 16.7 Å². The first-order valence-electron chi connectivity index (χ1n) is 13.4. The number of aromatic nitrogens is 3. The third-order valence-electron chi connectivity index (χ3n) is 6.46. The number of alkyl halides is 3. The lowest BCUT2D eigenvalue weighted by molar-refractivity contribution is -0.115. The minimum Gasteiger partial charge on any atom is -0.377 e. The first-order chi connectivity index (χ1) is 21.0. The summed E-state index contributed by atoms with van der Waals surface area (Å²) in [5.41, 5.74) is 0.552. The molecule has 4 aromatic rings. The number of benzene rings is 3. The van der Waals surface area contributed by atoms with Crippen LogP contribution in [0, 0.1) is 13.8 Å². The number of carbonyl (C=O) groups excluding carboxylic acids is 2. The molecule has 0 saturated carbocycles. The van der Waals surface area contributed by atoms with Crippen LogP contribution >= 0.6 is 23.5 Å². The summed E-state index contributed by atoms with van der Waals surface area (Å²) in [6.07, 6.45) is 1.47. The molecule has 0 unspecified atom stereocenters. The van der Waals surface area contributed by atoms with Crippen molar-refractivity contribution in [2.75, 3.05) is 22.6 Å². The zero-order valence-corrected chi connectivity index (χ0v) is 25.5. The highest BCUT2D eigenvalue weighted by Crippen LogP contribution is 2.37. The number of amides is 3. The Labute approximate surface area is 259 Å². The summed E-state index contributed by atoms with van der Waals surface area (Å²) in [6.45, 7) is 6.48. The van der Waals surface area contributed by atoms with Crippen LogP contribution in [0.5, 0.6) is 0 Å². The van der Waals surface area contributed by atoms with E-state index in [1.807, 2.05) is 39.0 Å². The Morgan fingerprint density at radius 1 is 1.11 bits per heavy atom. The summed E-state index contributed by atoms with van der Waals surface area (Å²) in [6, 6.07) is 16.2. The van der Waals surface area contributed by atoms with Crippen LogP contribution in [0.25, 0.3) is 17.1 Å². The van der Waals surface area contributed by atoms with Gasteiger partial charge in [-0.05, 0) is 92.2 Å². The highest BCUT2D eigenvalue weighted by Gasteiger charge is 2.32. The molecule has 5 rings (SSSR count). The Morgan fingerprint density at radius 3 is 2.59 bits per heavy atom. The molecule has 44 heavy (non-hydrogen) atoms. The molecule has 1 aliphatic heterocycles. The number of aliphatic imine (C=N–C) groups is 1. The summed E-state index contributed by atoms with van der Waals surface area (Å²) in [5.74, 6) is 0.393. The Kier molecular flexibility index (Phi) is 9.42. The molecule has 3 aromatic carbocycles. The number of aryl methyl sites for hydroxylation is 2. The molecule has 228 valence electrons. The van der Waals surface area contributed by atoms with Crippen LogP contribution in [0.1, 0.15) is 23.6 Å². The van der Waals surface area contributed by atoms with Crippen molar-refractivity contribution in [2.45, 2.75) is 37.8 Å². The van der Waals surface area contributed by atoms with Gasteiger partial charge in [0.1, 0.15) is 6.33 Å². The van der Waals surface area contributed by atoms with Gasteiger partial charge in [0, 0.05) is 28.3 Å². The molecule has 0 radical (unpaired) electrons. The Bertz CT molecular complexity index is 1720. The molecule has 2 heterocycles. The monoisotopic (exact) mass is 640 g/mol. The zero-order valence-electron chi connectivity index (χ0n) is 23.9. The lowest BCUT2D eigenvalue weighted by Crippen LogP contribution is -2.31. The fourth-order valence-corrected chi connectivity index (χ4v) is 5.79. The van der Waals surface area contributed by atoms with E-state index >= 15 is 0 Å². The van der Waals surface area contributed by atoms with Crippen molar-refractivity contribution in [3.8, 4) is 17.1 Å². The van der Waals surface area contributed by atoms with E-state index in [1.54, 1.807) is 18.2 Å². The van der Waals surface area contributed by atoms with Crippen LogP contribution in [-0.2, 0) is 16.1 Å². The van der Waals surface area contributed by atoms with E-state index in [0.29, 0.717) is 41.7 Å². The number of hydrogen-bond acceptors (Lipinski definition) is 7. The maximum Gasteiger partial charge on any atom is 0.446 e. The van der Waals surface area contributed by atoms with Crippen LogP contribution in [0.2, 0.25) is 0 Å².